The zero-order chi connectivity index (χ0) is 13.3. The van der Waals surface area contributed by atoms with E-state index in [0.29, 0.717) is 11.8 Å². The van der Waals surface area contributed by atoms with Gasteiger partial charge in [0.1, 0.15) is 0 Å². The number of hydrogen-bond donors (Lipinski definition) is 2. The summed E-state index contributed by atoms with van der Waals surface area (Å²) >= 11 is 0. The van der Waals surface area contributed by atoms with Crippen molar-refractivity contribution < 1.29 is 10.2 Å². The van der Waals surface area contributed by atoms with E-state index in [2.05, 4.69) is 13.8 Å². The Morgan fingerprint density at radius 1 is 0.706 bits per heavy atom. The first-order valence-corrected chi connectivity index (χ1v) is 7.38. The Bertz CT molecular complexity index is 152. The molecule has 2 N–H and O–H groups in total. The van der Waals surface area contributed by atoms with Gasteiger partial charge in [0.15, 0.2) is 0 Å². The third kappa shape index (κ3) is 7.77. The van der Waals surface area contributed by atoms with E-state index in [0.717, 1.165) is 25.7 Å². The highest BCUT2D eigenvalue weighted by Crippen LogP contribution is 2.19. The maximum atomic E-state index is 9.64. The molecule has 0 amide bonds. The molecule has 0 bridgehead atoms. The second kappa shape index (κ2) is 9.90. The minimum atomic E-state index is -0.129. The minimum absolute atomic E-state index is 0.129. The summed E-state index contributed by atoms with van der Waals surface area (Å²) in [6, 6.07) is 0. The average molecular weight is 244 g/mol. The summed E-state index contributed by atoms with van der Waals surface area (Å²) in [5, 5.41) is 19.3. The molecule has 0 aromatic carbocycles. The summed E-state index contributed by atoms with van der Waals surface area (Å²) in [7, 11) is 0. The van der Waals surface area contributed by atoms with Gasteiger partial charge in [-0.05, 0) is 37.5 Å². The van der Waals surface area contributed by atoms with Gasteiger partial charge in [-0.1, -0.05) is 47.0 Å². The Balaban J connectivity index is 3.46. The highest BCUT2D eigenvalue weighted by atomic mass is 16.3. The van der Waals surface area contributed by atoms with Crippen molar-refractivity contribution >= 4 is 0 Å². The molecular weight excluding hydrogens is 212 g/mol. The van der Waals surface area contributed by atoms with Crippen LogP contribution in [-0.2, 0) is 0 Å². The van der Waals surface area contributed by atoms with Gasteiger partial charge in [-0.15, -0.1) is 0 Å². The van der Waals surface area contributed by atoms with Crippen LogP contribution in [0, 0.1) is 11.8 Å². The number of hydrogen-bond acceptors (Lipinski definition) is 2. The van der Waals surface area contributed by atoms with E-state index in [1.165, 1.54) is 19.3 Å². The molecule has 0 aromatic heterocycles. The highest BCUT2D eigenvalue weighted by molar-refractivity contribution is 4.65. The van der Waals surface area contributed by atoms with Crippen LogP contribution >= 0.6 is 0 Å². The van der Waals surface area contributed by atoms with Gasteiger partial charge in [0.25, 0.3) is 0 Å². The van der Waals surface area contributed by atoms with E-state index in [1.54, 1.807) is 0 Å². The topological polar surface area (TPSA) is 40.5 Å². The fourth-order valence-corrected chi connectivity index (χ4v) is 2.30. The standard InChI is InChI=1S/C15H32O2/c1-5-14(16)12(3)10-8-7-9-11-13(4)15(17)6-2/h12-17H,5-11H2,1-4H3. The van der Waals surface area contributed by atoms with Crippen molar-refractivity contribution in [3.05, 3.63) is 0 Å². The highest BCUT2D eigenvalue weighted by Gasteiger charge is 2.13. The monoisotopic (exact) mass is 244 g/mol. The van der Waals surface area contributed by atoms with Crippen LogP contribution < -0.4 is 0 Å². The molecule has 17 heavy (non-hydrogen) atoms. The van der Waals surface area contributed by atoms with Crippen molar-refractivity contribution in [2.24, 2.45) is 11.8 Å². The van der Waals surface area contributed by atoms with E-state index < -0.39 is 0 Å². The van der Waals surface area contributed by atoms with E-state index in [-0.39, 0.29) is 12.2 Å². The fraction of sp³-hybridized carbons (Fsp3) is 1.00. The lowest BCUT2D eigenvalue weighted by molar-refractivity contribution is 0.102. The van der Waals surface area contributed by atoms with E-state index in [1.807, 2.05) is 13.8 Å². The molecule has 0 saturated carbocycles. The Kier molecular flexibility index (Phi) is 9.85. The van der Waals surface area contributed by atoms with E-state index >= 15 is 0 Å². The molecule has 104 valence electrons. The van der Waals surface area contributed by atoms with E-state index in [4.69, 9.17) is 0 Å². The van der Waals surface area contributed by atoms with Crippen molar-refractivity contribution in [1.29, 1.82) is 0 Å². The Hall–Kier alpha value is -0.0800. The summed E-state index contributed by atoms with van der Waals surface area (Å²) in [5.74, 6) is 0.859. The van der Waals surface area contributed by atoms with Gasteiger partial charge in [0.2, 0.25) is 0 Å². The molecule has 2 heteroatoms. The normalized spacial score (nSPS) is 18.7. The Morgan fingerprint density at radius 3 is 1.35 bits per heavy atom. The molecule has 0 radical (unpaired) electrons. The summed E-state index contributed by atoms with van der Waals surface area (Å²) in [6.07, 6.45) is 7.34. The number of aliphatic hydroxyl groups is 2. The van der Waals surface area contributed by atoms with Gasteiger partial charge >= 0.3 is 0 Å². The molecule has 0 aromatic rings. The second-order valence-electron chi connectivity index (χ2n) is 5.54. The van der Waals surface area contributed by atoms with Crippen LogP contribution in [0.4, 0.5) is 0 Å². The molecule has 0 aliphatic rings. The lowest BCUT2D eigenvalue weighted by Crippen LogP contribution is -2.17. The third-order valence-corrected chi connectivity index (χ3v) is 3.97. The lowest BCUT2D eigenvalue weighted by Gasteiger charge is -2.18. The van der Waals surface area contributed by atoms with Crippen LogP contribution in [0.15, 0.2) is 0 Å². The van der Waals surface area contributed by atoms with Crippen molar-refractivity contribution in [3.63, 3.8) is 0 Å². The van der Waals surface area contributed by atoms with Gasteiger partial charge in [-0.2, -0.15) is 0 Å². The molecule has 0 spiro atoms. The quantitative estimate of drug-likeness (QED) is 0.575. The second-order valence-corrected chi connectivity index (χ2v) is 5.54. The number of unbranched alkanes of at least 4 members (excludes halogenated alkanes) is 2. The van der Waals surface area contributed by atoms with Crippen molar-refractivity contribution in [3.8, 4) is 0 Å². The van der Waals surface area contributed by atoms with E-state index in [9.17, 15) is 10.2 Å². The molecule has 4 unspecified atom stereocenters. The first kappa shape index (κ1) is 16.9. The zero-order valence-electron chi connectivity index (χ0n) is 12.2. The van der Waals surface area contributed by atoms with Gasteiger partial charge in [0.05, 0.1) is 12.2 Å². The summed E-state index contributed by atoms with van der Waals surface area (Å²) < 4.78 is 0. The van der Waals surface area contributed by atoms with Gasteiger partial charge in [-0.3, -0.25) is 0 Å². The number of aliphatic hydroxyl groups excluding tert-OH is 2. The zero-order valence-corrected chi connectivity index (χ0v) is 12.2. The SMILES string of the molecule is CCC(O)C(C)CCCCCC(C)C(O)CC. The van der Waals surface area contributed by atoms with Crippen LogP contribution in [0.5, 0.6) is 0 Å². The van der Waals surface area contributed by atoms with Gasteiger partial charge in [0, 0.05) is 0 Å². The summed E-state index contributed by atoms with van der Waals surface area (Å²) in [6.45, 7) is 8.35. The maximum absolute atomic E-state index is 9.64. The molecule has 2 nitrogen and oxygen atoms in total. The molecule has 0 heterocycles. The maximum Gasteiger partial charge on any atom is 0.0563 e. The predicted octanol–water partition coefficient (Wildman–Crippen LogP) is 3.75. The fourth-order valence-electron chi connectivity index (χ4n) is 2.30. The average Bonchev–Trinajstić information content (AvgIpc) is 2.35. The summed E-state index contributed by atoms with van der Waals surface area (Å²) in [5.41, 5.74) is 0. The van der Waals surface area contributed by atoms with Gasteiger partial charge < -0.3 is 10.2 Å². The van der Waals surface area contributed by atoms with Crippen LogP contribution in [0.1, 0.15) is 72.6 Å². The molecular formula is C15H32O2. The van der Waals surface area contributed by atoms with Crippen LogP contribution in [0.2, 0.25) is 0 Å². The first-order valence-electron chi connectivity index (χ1n) is 7.38. The summed E-state index contributed by atoms with van der Waals surface area (Å²) in [4.78, 5) is 0. The molecule has 4 atom stereocenters. The Morgan fingerprint density at radius 2 is 1.06 bits per heavy atom. The van der Waals surface area contributed by atoms with Crippen LogP contribution in [-0.4, -0.2) is 22.4 Å². The smallest absolute Gasteiger partial charge is 0.0563 e. The lowest BCUT2D eigenvalue weighted by atomic mass is 9.93. The molecule has 0 rings (SSSR count). The molecule has 0 saturated heterocycles. The third-order valence-electron chi connectivity index (χ3n) is 3.97. The largest absolute Gasteiger partial charge is 0.393 e. The first-order chi connectivity index (χ1) is 8.02. The Labute approximate surface area is 107 Å². The van der Waals surface area contributed by atoms with Crippen molar-refractivity contribution in [2.45, 2.75) is 84.8 Å². The van der Waals surface area contributed by atoms with Crippen molar-refractivity contribution in [2.75, 3.05) is 0 Å². The van der Waals surface area contributed by atoms with Gasteiger partial charge in [-0.25, -0.2) is 0 Å². The molecule has 0 aliphatic heterocycles. The predicted molar refractivity (Wildman–Crippen MR) is 74.0 cm³/mol. The minimum Gasteiger partial charge on any atom is -0.393 e. The van der Waals surface area contributed by atoms with Crippen LogP contribution in [0.25, 0.3) is 0 Å². The molecule has 0 aliphatic carbocycles. The number of rotatable bonds is 10. The molecule has 0 fully saturated rings. The van der Waals surface area contributed by atoms with Crippen LogP contribution in [0.3, 0.4) is 0 Å². The van der Waals surface area contributed by atoms with Crippen molar-refractivity contribution in [1.82, 2.24) is 0 Å².